The van der Waals surface area contributed by atoms with Gasteiger partial charge in [0.05, 0.1) is 11.6 Å². The first-order chi connectivity index (χ1) is 10.0. The van der Waals surface area contributed by atoms with Gasteiger partial charge in [0.2, 0.25) is 0 Å². The minimum atomic E-state index is -0.654. The highest BCUT2D eigenvalue weighted by Gasteiger charge is 2.36. The van der Waals surface area contributed by atoms with E-state index in [0.717, 1.165) is 37.1 Å². The first-order valence-electron chi connectivity index (χ1n) is 7.86. The molecule has 1 aromatic rings. The summed E-state index contributed by atoms with van der Waals surface area (Å²) in [6.45, 7) is 4.90. The van der Waals surface area contributed by atoms with Crippen molar-refractivity contribution < 1.29 is 9.90 Å². The lowest BCUT2D eigenvalue weighted by Crippen LogP contribution is -2.45. The molecular formula is C17H26N2O2. The summed E-state index contributed by atoms with van der Waals surface area (Å²) in [6.07, 6.45) is 3.96. The molecule has 1 saturated carbocycles. The molecule has 3 atom stereocenters. The fraction of sp³-hybridized carbons (Fsp3) is 0.647. The Morgan fingerprint density at radius 3 is 2.81 bits per heavy atom. The number of carboxylic acids is 1. The van der Waals surface area contributed by atoms with Crippen molar-refractivity contribution in [3.63, 3.8) is 0 Å². The van der Waals surface area contributed by atoms with Crippen LogP contribution in [0.5, 0.6) is 0 Å². The van der Waals surface area contributed by atoms with Gasteiger partial charge in [-0.3, -0.25) is 14.7 Å². The fourth-order valence-corrected chi connectivity index (χ4v) is 3.44. The summed E-state index contributed by atoms with van der Waals surface area (Å²) in [5.41, 5.74) is 2.02. The zero-order valence-electron chi connectivity index (χ0n) is 13.2. The summed E-state index contributed by atoms with van der Waals surface area (Å²) in [5, 5.41) is 9.48. The normalized spacial score (nSPS) is 26.0. The van der Waals surface area contributed by atoms with E-state index in [1.54, 1.807) is 0 Å². The highest BCUT2D eigenvalue weighted by Crippen LogP contribution is 2.34. The summed E-state index contributed by atoms with van der Waals surface area (Å²) in [4.78, 5) is 18.2. The average Bonchev–Trinajstić information content (AvgIpc) is 2.46. The van der Waals surface area contributed by atoms with E-state index in [4.69, 9.17) is 0 Å². The average molecular weight is 290 g/mol. The quantitative estimate of drug-likeness (QED) is 0.905. The number of rotatable bonds is 5. The smallest absolute Gasteiger partial charge is 0.308 e. The second-order valence-electron chi connectivity index (χ2n) is 6.28. The first-order valence-corrected chi connectivity index (χ1v) is 7.86. The van der Waals surface area contributed by atoms with Crippen LogP contribution in [0.3, 0.4) is 0 Å². The Morgan fingerprint density at radius 1 is 1.43 bits per heavy atom. The van der Waals surface area contributed by atoms with Crippen LogP contribution in [0.1, 0.15) is 44.0 Å². The lowest BCUT2D eigenvalue weighted by atomic mass is 9.76. The predicted octanol–water partition coefficient (Wildman–Crippen LogP) is 3.10. The van der Waals surface area contributed by atoms with Crippen molar-refractivity contribution in [3.8, 4) is 0 Å². The summed E-state index contributed by atoms with van der Waals surface area (Å²) >= 11 is 0. The molecule has 2 rings (SSSR count). The fourth-order valence-electron chi connectivity index (χ4n) is 3.44. The van der Waals surface area contributed by atoms with E-state index < -0.39 is 5.97 Å². The molecule has 1 heterocycles. The van der Waals surface area contributed by atoms with Crippen molar-refractivity contribution in [2.75, 3.05) is 7.05 Å². The third kappa shape index (κ3) is 4.03. The van der Waals surface area contributed by atoms with Gasteiger partial charge in [-0.2, -0.15) is 0 Å². The number of carbonyl (C=O) groups is 1. The molecule has 0 aromatic carbocycles. The van der Waals surface area contributed by atoms with Crippen molar-refractivity contribution in [1.29, 1.82) is 0 Å². The van der Waals surface area contributed by atoms with Crippen molar-refractivity contribution in [3.05, 3.63) is 29.6 Å². The summed E-state index contributed by atoms with van der Waals surface area (Å²) in [6, 6.07) is 6.12. The van der Waals surface area contributed by atoms with Crippen LogP contribution in [0.15, 0.2) is 18.2 Å². The lowest BCUT2D eigenvalue weighted by molar-refractivity contribution is -0.146. The molecule has 21 heavy (non-hydrogen) atoms. The molecule has 0 bridgehead atoms. The molecule has 4 nitrogen and oxygen atoms in total. The molecule has 0 amide bonds. The number of aromatic nitrogens is 1. The van der Waals surface area contributed by atoms with Crippen molar-refractivity contribution >= 4 is 5.97 Å². The van der Waals surface area contributed by atoms with Gasteiger partial charge < -0.3 is 5.11 Å². The molecular weight excluding hydrogens is 264 g/mol. The number of nitrogens with zero attached hydrogens (tertiary/aromatic N) is 2. The van der Waals surface area contributed by atoms with Gasteiger partial charge in [-0.15, -0.1) is 0 Å². The van der Waals surface area contributed by atoms with Crippen LogP contribution in [-0.2, 0) is 11.3 Å². The van der Waals surface area contributed by atoms with Crippen LogP contribution in [0, 0.1) is 18.8 Å². The van der Waals surface area contributed by atoms with Gasteiger partial charge >= 0.3 is 5.97 Å². The Hall–Kier alpha value is -1.42. The Balaban J connectivity index is 2.09. The molecule has 0 aliphatic heterocycles. The zero-order valence-corrected chi connectivity index (χ0v) is 13.2. The van der Waals surface area contributed by atoms with E-state index in [9.17, 15) is 9.90 Å². The van der Waals surface area contributed by atoms with E-state index >= 15 is 0 Å². The minimum absolute atomic E-state index is 0.114. The second kappa shape index (κ2) is 7.03. The third-order valence-electron chi connectivity index (χ3n) is 4.74. The summed E-state index contributed by atoms with van der Waals surface area (Å²) < 4.78 is 0. The van der Waals surface area contributed by atoms with E-state index in [1.807, 2.05) is 32.2 Å². The van der Waals surface area contributed by atoms with Crippen molar-refractivity contribution in [2.45, 2.75) is 52.1 Å². The van der Waals surface area contributed by atoms with Gasteiger partial charge in [-0.1, -0.05) is 19.4 Å². The first kappa shape index (κ1) is 16.0. The predicted molar refractivity (Wildman–Crippen MR) is 83.0 cm³/mol. The van der Waals surface area contributed by atoms with Gasteiger partial charge in [0.15, 0.2) is 0 Å². The highest BCUT2D eigenvalue weighted by atomic mass is 16.4. The number of hydrogen-bond acceptors (Lipinski definition) is 3. The van der Waals surface area contributed by atoms with Gasteiger partial charge in [-0.25, -0.2) is 0 Å². The maximum atomic E-state index is 11.5. The number of aryl methyl sites for hydroxylation is 1. The molecule has 116 valence electrons. The van der Waals surface area contributed by atoms with E-state index in [-0.39, 0.29) is 12.0 Å². The Bertz CT molecular complexity index is 489. The van der Waals surface area contributed by atoms with Crippen LogP contribution in [0.4, 0.5) is 0 Å². The highest BCUT2D eigenvalue weighted by molar-refractivity contribution is 5.71. The minimum Gasteiger partial charge on any atom is -0.481 e. The van der Waals surface area contributed by atoms with E-state index in [1.165, 1.54) is 0 Å². The Kier molecular flexibility index (Phi) is 5.34. The van der Waals surface area contributed by atoms with Gasteiger partial charge in [0, 0.05) is 18.3 Å². The van der Waals surface area contributed by atoms with Gasteiger partial charge in [-0.05, 0) is 51.3 Å². The molecule has 4 heteroatoms. The second-order valence-corrected chi connectivity index (χ2v) is 6.28. The Morgan fingerprint density at radius 2 is 2.19 bits per heavy atom. The van der Waals surface area contributed by atoms with Crippen molar-refractivity contribution in [2.24, 2.45) is 11.8 Å². The van der Waals surface area contributed by atoms with Crippen LogP contribution >= 0.6 is 0 Å². The molecule has 1 aliphatic rings. The topological polar surface area (TPSA) is 53.4 Å². The number of carboxylic acid groups (broad SMARTS) is 1. The van der Waals surface area contributed by atoms with Gasteiger partial charge in [0.1, 0.15) is 0 Å². The number of hydrogen-bond donors (Lipinski definition) is 1. The number of aliphatic carboxylic acids is 1. The maximum Gasteiger partial charge on any atom is 0.308 e. The molecule has 1 N–H and O–H groups in total. The molecule has 1 aliphatic carbocycles. The lowest BCUT2D eigenvalue weighted by Gasteiger charge is -2.39. The van der Waals surface area contributed by atoms with Crippen LogP contribution in [0.25, 0.3) is 0 Å². The standard InChI is InChI=1S/C17H26N2O2/c1-4-13-8-9-15(17(20)21)16(10-13)19(3)11-14-7-5-6-12(2)18-14/h5-7,13,15-16H,4,8-11H2,1-3H3,(H,20,21). The third-order valence-corrected chi connectivity index (χ3v) is 4.74. The zero-order chi connectivity index (χ0) is 15.4. The molecule has 0 saturated heterocycles. The Labute approximate surface area is 127 Å². The summed E-state index contributed by atoms with van der Waals surface area (Å²) in [5.74, 6) is -0.250. The van der Waals surface area contributed by atoms with Crippen LogP contribution < -0.4 is 0 Å². The SMILES string of the molecule is CCC1CCC(C(=O)O)C(N(C)Cc2cccc(C)n2)C1. The van der Waals surface area contributed by atoms with E-state index in [0.29, 0.717) is 12.5 Å². The molecule has 1 aromatic heterocycles. The maximum absolute atomic E-state index is 11.5. The van der Waals surface area contributed by atoms with Crippen LogP contribution in [0.2, 0.25) is 0 Å². The summed E-state index contributed by atoms with van der Waals surface area (Å²) in [7, 11) is 2.03. The van der Waals surface area contributed by atoms with Crippen LogP contribution in [-0.4, -0.2) is 34.0 Å². The van der Waals surface area contributed by atoms with Gasteiger partial charge in [0.25, 0.3) is 0 Å². The molecule has 0 spiro atoms. The molecule has 1 fully saturated rings. The molecule has 0 radical (unpaired) electrons. The van der Waals surface area contributed by atoms with Crippen molar-refractivity contribution in [1.82, 2.24) is 9.88 Å². The molecule has 3 unspecified atom stereocenters. The number of pyridine rings is 1. The monoisotopic (exact) mass is 290 g/mol. The largest absolute Gasteiger partial charge is 0.481 e. The van der Waals surface area contributed by atoms with E-state index in [2.05, 4.69) is 16.8 Å².